The standard InChI is InChI=1S/C46H51N2/c1-6-7-8-9-10-18-30-48-41-32-37-24-15-14-23-36(37)31-40(41)45(2,3)42(48)26-19-27-43-46(4,33-34-20-12-11-13-21-34)39-29-28-35-22-16-17-25-38(35)44(39)47(43)5/h11-17,19-29,31-32H,6-10,18,30,33H2,1-5H3/q+1. The number of benzene rings is 5. The van der Waals surface area contributed by atoms with Crippen LogP contribution in [0.2, 0.25) is 0 Å². The summed E-state index contributed by atoms with van der Waals surface area (Å²) >= 11 is 0. The van der Waals surface area contributed by atoms with Gasteiger partial charge >= 0.3 is 0 Å². The van der Waals surface area contributed by atoms with E-state index in [-0.39, 0.29) is 10.8 Å². The Morgan fingerprint density at radius 1 is 0.688 bits per heavy atom. The molecule has 5 aromatic rings. The van der Waals surface area contributed by atoms with Gasteiger partial charge in [-0.05, 0) is 73.0 Å². The van der Waals surface area contributed by atoms with Crippen LogP contribution in [0.1, 0.15) is 82.9 Å². The number of hydrogen-bond donors (Lipinski definition) is 0. The van der Waals surface area contributed by atoms with Crippen LogP contribution < -0.4 is 4.90 Å². The van der Waals surface area contributed by atoms with Gasteiger partial charge in [-0.2, -0.15) is 4.58 Å². The molecule has 0 saturated carbocycles. The fourth-order valence-electron chi connectivity index (χ4n) is 8.55. The highest BCUT2D eigenvalue weighted by Gasteiger charge is 2.45. The molecule has 0 aliphatic carbocycles. The number of allylic oxidation sites excluding steroid dienone is 4. The predicted octanol–water partition coefficient (Wildman–Crippen LogP) is 11.8. The van der Waals surface area contributed by atoms with Crippen LogP contribution in [-0.2, 0) is 17.3 Å². The Labute approximate surface area is 288 Å². The topological polar surface area (TPSA) is 6.25 Å². The van der Waals surface area contributed by atoms with Crippen molar-refractivity contribution in [1.82, 2.24) is 0 Å². The van der Waals surface area contributed by atoms with Gasteiger partial charge in [0.25, 0.3) is 0 Å². The number of likely N-dealkylation sites (N-methyl/N-ethyl adjacent to an activating group) is 1. The molecule has 7 rings (SSSR count). The van der Waals surface area contributed by atoms with Crippen molar-refractivity contribution in [1.29, 1.82) is 0 Å². The SMILES string of the molecule is CCCCCCCC[N+]1=C(C=CC=C2N(C)c3c(ccc4ccccc34)C2(C)Cc2ccccc2)C(C)(C)c2cc3ccccc3cc21. The van der Waals surface area contributed by atoms with Crippen molar-refractivity contribution in [3.8, 4) is 0 Å². The molecular formula is C46H51N2+. The minimum absolute atomic E-state index is 0.0926. The van der Waals surface area contributed by atoms with Crippen molar-refractivity contribution in [2.24, 2.45) is 0 Å². The van der Waals surface area contributed by atoms with E-state index in [4.69, 9.17) is 0 Å². The van der Waals surface area contributed by atoms with Gasteiger partial charge < -0.3 is 4.90 Å². The molecule has 0 bridgehead atoms. The van der Waals surface area contributed by atoms with Gasteiger partial charge in [-0.1, -0.05) is 130 Å². The molecule has 5 aromatic carbocycles. The zero-order chi connectivity index (χ0) is 33.3. The van der Waals surface area contributed by atoms with Crippen LogP contribution in [0.5, 0.6) is 0 Å². The van der Waals surface area contributed by atoms with Gasteiger partial charge in [0.15, 0.2) is 5.71 Å². The van der Waals surface area contributed by atoms with Gasteiger partial charge in [0.05, 0.1) is 11.1 Å². The van der Waals surface area contributed by atoms with E-state index in [1.807, 2.05) is 0 Å². The van der Waals surface area contributed by atoms with Gasteiger partial charge in [0.2, 0.25) is 5.69 Å². The van der Waals surface area contributed by atoms with Gasteiger partial charge in [-0.3, -0.25) is 0 Å². The molecule has 2 aliphatic rings. The van der Waals surface area contributed by atoms with Gasteiger partial charge in [-0.15, -0.1) is 0 Å². The summed E-state index contributed by atoms with van der Waals surface area (Å²) in [4.78, 5) is 2.46. The molecule has 2 heteroatoms. The normalized spacial score (nSPS) is 19.3. The summed E-state index contributed by atoms with van der Waals surface area (Å²) < 4.78 is 2.64. The summed E-state index contributed by atoms with van der Waals surface area (Å²) in [6.45, 7) is 10.6. The maximum Gasteiger partial charge on any atom is 0.210 e. The number of fused-ring (bicyclic) bond motifs is 5. The Bertz CT molecular complexity index is 2040. The Morgan fingerprint density at radius 2 is 1.35 bits per heavy atom. The second kappa shape index (κ2) is 13.2. The Morgan fingerprint density at radius 3 is 2.12 bits per heavy atom. The van der Waals surface area contributed by atoms with Crippen molar-refractivity contribution in [2.45, 2.75) is 83.5 Å². The molecule has 48 heavy (non-hydrogen) atoms. The Balaban J connectivity index is 1.30. The number of nitrogens with zero attached hydrogens (tertiary/aromatic N) is 2. The van der Waals surface area contributed by atoms with Crippen molar-refractivity contribution in [3.05, 3.63) is 144 Å². The van der Waals surface area contributed by atoms with Crippen LogP contribution in [-0.4, -0.2) is 23.9 Å². The average molecular weight is 632 g/mol. The summed E-state index contributed by atoms with van der Waals surface area (Å²) in [5.74, 6) is 0. The monoisotopic (exact) mass is 631 g/mol. The molecule has 0 N–H and O–H groups in total. The van der Waals surface area contributed by atoms with Crippen LogP contribution >= 0.6 is 0 Å². The Kier molecular flexibility index (Phi) is 8.86. The smallest absolute Gasteiger partial charge is 0.210 e. The Hall–Kier alpha value is -4.43. The van der Waals surface area contributed by atoms with Crippen LogP contribution in [0.25, 0.3) is 21.5 Å². The van der Waals surface area contributed by atoms with Crippen LogP contribution in [0, 0.1) is 0 Å². The minimum atomic E-state index is -0.158. The van der Waals surface area contributed by atoms with Gasteiger partial charge in [0, 0.05) is 47.7 Å². The van der Waals surface area contributed by atoms with Crippen molar-refractivity contribution in [3.63, 3.8) is 0 Å². The highest BCUT2D eigenvalue weighted by atomic mass is 15.2. The lowest BCUT2D eigenvalue weighted by molar-refractivity contribution is -0.438. The quantitative estimate of drug-likeness (QED) is 0.104. The predicted molar refractivity (Wildman–Crippen MR) is 207 cm³/mol. The molecule has 2 heterocycles. The first-order chi connectivity index (χ1) is 23.3. The molecule has 1 atom stereocenters. The fraction of sp³-hybridized carbons (Fsp3) is 0.326. The third-order valence-electron chi connectivity index (χ3n) is 11.2. The molecule has 0 amide bonds. The van der Waals surface area contributed by atoms with E-state index in [1.54, 1.807) is 0 Å². The molecule has 0 aromatic heterocycles. The van der Waals surface area contributed by atoms with Crippen molar-refractivity contribution in [2.75, 3.05) is 18.5 Å². The number of anilines is 1. The highest BCUT2D eigenvalue weighted by molar-refractivity contribution is 6.05. The summed E-state index contributed by atoms with van der Waals surface area (Å²) in [7, 11) is 2.26. The van der Waals surface area contributed by atoms with Gasteiger partial charge in [0.1, 0.15) is 6.54 Å². The van der Waals surface area contributed by atoms with Crippen molar-refractivity contribution < 1.29 is 4.58 Å². The van der Waals surface area contributed by atoms with E-state index in [0.717, 1.165) is 13.0 Å². The van der Waals surface area contributed by atoms with E-state index >= 15 is 0 Å². The molecule has 2 aliphatic heterocycles. The maximum atomic E-state index is 2.64. The molecule has 244 valence electrons. The fourth-order valence-corrected chi connectivity index (χ4v) is 8.55. The lowest BCUT2D eigenvalue weighted by Gasteiger charge is -2.29. The number of rotatable bonds is 11. The number of unbranched alkanes of at least 4 members (excludes halogenated alkanes) is 5. The molecular weight excluding hydrogens is 581 g/mol. The van der Waals surface area contributed by atoms with E-state index in [9.17, 15) is 0 Å². The zero-order valence-electron chi connectivity index (χ0n) is 29.6. The summed E-state index contributed by atoms with van der Waals surface area (Å²) in [5.41, 5.74) is 9.41. The highest BCUT2D eigenvalue weighted by Crippen LogP contribution is 2.52. The zero-order valence-corrected chi connectivity index (χ0v) is 29.6. The second-order valence-electron chi connectivity index (χ2n) is 14.8. The lowest BCUT2D eigenvalue weighted by Crippen LogP contribution is -2.29. The molecule has 1 unspecified atom stereocenters. The van der Waals surface area contributed by atoms with Crippen LogP contribution in [0.15, 0.2) is 127 Å². The first kappa shape index (κ1) is 32.1. The minimum Gasteiger partial charge on any atom is -0.347 e. The van der Waals surface area contributed by atoms with Crippen LogP contribution in [0.3, 0.4) is 0 Å². The maximum absolute atomic E-state index is 2.64. The summed E-state index contributed by atoms with van der Waals surface area (Å²) in [6.07, 6.45) is 15.9. The molecule has 0 saturated heterocycles. The summed E-state index contributed by atoms with van der Waals surface area (Å²) in [5, 5.41) is 5.26. The molecule has 0 spiro atoms. The first-order valence-electron chi connectivity index (χ1n) is 18.2. The second-order valence-corrected chi connectivity index (χ2v) is 14.8. The third kappa shape index (κ3) is 5.70. The number of hydrogen-bond acceptors (Lipinski definition) is 1. The molecule has 0 fully saturated rings. The first-order valence-corrected chi connectivity index (χ1v) is 18.2. The van der Waals surface area contributed by atoms with E-state index in [2.05, 4.69) is 166 Å². The lowest BCUT2D eigenvalue weighted by atomic mass is 9.76. The van der Waals surface area contributed by atoms with E-state index < -0.39 is 0 Å². The van der Waals surface area contributed by atoms with E-state index in [0.29, 0.717) is 0 Å². The van der Waals surface area contributed by atoms with Crippen molar-refractivity contribution >= 4 is 38.6 Å². The molecule has 2 nitrogen and oxygen atoms in total. The average Bonchev–Trinajstić information content (AvgIpc) is 3.44. The third-order valence-corrected chi connectivity index (χ3v) is 11.2. The summed E-state index contributed by atoms with van der Waals surface area (Å²) in [6, 6.07) is 38.2. The molecule has 0 radical (unpaired) electrons. The van der Waals surface area contributed by atoms with Crippen LogP contribution in [0.4, 0.5) is 11.4 Å². The largest absolute Gasteiger partial charge is 0.347 e. The van der Waals surface area contributed by atoms with E-state index in [1.165, 1.54) is 99.5 Å². The van der Waals surface area contributed by atoms with Gasteiger partial charge in [-0.25, -0.2) is 0 Å².